The van der Waals surface area contributed by atoms with Gasteiger partial charge in [0.25, 0.3) is 0 Å². The van der Waals surface area contributed by atoms with Gasteiger partial charge in [0.15, 0.2) is 0 Å². The van der Waals surface area contributed by atoms with Gasteiger partial charge in [-0.2, -0.15) is 0 Å². The molecule has 0 radical (unpaired) electrons. The van der Waals surface area contributed by atoms with Crippen molar-refractivity contribution in [3.8, 4) is 0 Å². The van der Waals surface area contributed by atoms with Crippen LogP contribution in [-0.4, -0.2) is 24.4 Å². The molecule has 1 N–H and O–H groups in total. The van der Waals surface area contributed by atoms with Crippen molar-refractivity contribution in [3.63, 3.8) is 0 Å². The smallest absolute Gasteiger partial charge is 0.0584 e. The molecule has 0 amide bonds. The van der Waals surface area contributed by atoms with Crippen LogP contribution >= 0.6 is 12.4 Å². The lowest BCUT2D eigenvalue weighted by Gasteiger charge is -2.15. The van der Waals surface area contributed by atoms with E-state index >= 15 is 0 Å². The number of rotatable bonds is 0. The molecule has 0 unspecified atom stereocenters. The predicted octanol–water partition coefficient (Wildman–Crippen LogP) is 0.580. The number of hydrogen-bond acceptors (Lipinski definition) is 2. The van der Waals surface area contributed by atoms with Gasteiger partial charge in [-0.05, 0) is 12.8 Å². The molecule has 0 aromatic rings. The Morgan fingerprint density at radius 2 is 1.75 bits per heavy atom. The van der Waals surface area contributed by atoms with Crippen molar-refractivity contribution in [2.45, 2.75) is 18.9 Å². The van der Waals surface area contributed by atoms with Gasteiger partial charge in [-0.25, -0.2) is 0 Å². The summed E-state index contributed by atoms with van der Waals surface area (Å²) >= 11 is 0. The van der Waals surface area contributed by atoms with Crippen LogP contribution in [-0.2, 0) is 4.74 Å². The lowest BCUT2D eigenvalue weighted by Crippen LogP contribution is -2.19. The summed E-state index contributed by atoms with van der Waals surface area (Å²) in [5, 5.41) is 8.83. The maximum Gasteiger partial charge on any atom is 0.0584 e. The zero-order valence-electron chi connectivity index (χ0n) is 4.67. The van der Waals surface area contributed by atoms with Gasteiger partial charge in [-0.1, -0.05) is 0 Å². The summed E-state index contributed by atoms with van der Waals surface area (Å²) in [7, 11) is 0. The van der Waals surface area contributed by atoms with E-state index in [1.54, 1.807) is 0 Å². The predicted molar refractivity (Wildman–Crippen MR) is 33.3 cm³/mol. The number of ether oxygens (including phenoxy) is 1. The largest absolute Gasteiger partial charge is 0.393 e. The molecule has 1 rings (SSSR count). The van der Waals surface area contributed by atoms with Crippen LogP contribution in [0.2, 0.25) is 0 Å². The zero-order valence-corrected chi connectivity index (χ0v) is 5.49. The fraction of sp³-hybridized carbons (Fsp3) is 1.00. The molecule has 0 aromatic carbocycles. The SMILES string of the molecule is Cl.OC1CCOCC1. The topological polar surface area (TPSA) is 29.5 Å². The van der Waals surface area contributed by atoms with Gasteiger partial charge in [-0.15, -0.1) is 12.4 Å². The van der Waals surface area contributed by atoms with Crippen molar-refractivity contribution in [1.29, 1.82) is 0 Å². The van der Waals surface area contributed by atoms with Crippen molar-refractivity contribution in [2.75, 3.05) is 13.2 Å². The number of halogens is 1. The first kappa shape index (κ1) is 8.21. The first-order chi connectivity index (χ1) is 3.39. The van der Waals surface area contributed by atoms with E-state index in [4.69, 9.17) is 9.84 Å². The first-order valence-electron chi connectivity index (χ1n) is 2.65. The van der Waals surface area contributed by atoms with E-state index in [-0.39, 0.29) is 18.5 Å². The molecule has 1 fully saturated rings. The minimum absolute atomic E-state index is 0. The first-order valence-corrected chi connectivity index (χ1v) is 2.65. The van der Waals surface area contributed by atoms with E-state index in [1.807, 2.05) is 0 Å². The lowest BCUT2D eigenvalue weighted by molar-refractivity contribution is 0.0140. The van der Waals surface area contributed by atoms with Gasteiger partial charge < -0.3 is 9.84 Å². The van der Waals surface area contributed by atoms with Crippen molar-refractivity contribution >= 4 is 12.4 Å². The second-order valence-electron chi connectivity index (χ2n) is 1.84. The van der Waals surface area contributed by atoms with Crippen LogP contribution in [0.1, 0.15) is 12.8 Å². The van der Waals surface area contributed by atoms with Crippen molar-refractivity contribution in [3.05, 3.63) is 0 Å². The Morgan fingerprint density at radius 3 is 2.00 bits per heavy atom. The van der Waals surface area contributed by atoms with Crippen LogP contribution < -0.4 is 0 Å². The van der Waals surface area contributed by atoms with E-state index < -0.39 is 0 Å². The minimum Gasteiger partial charge on any atom is -0.393 e. The normalized spacial score (nSPS) is 22.1. The molecule has 1 aliphatic rings. The molecule has 50 valence electrons. The van der Waals surface area contributed by atoms with Gasteiger partial charge in [0.1, 0.15) is 0 Å². The summed E-state index contributed by atoms with van der Waals surface area (Å²) in [4.78, 5) is 0. The molecule has 0 aliphatic carbocycles. The van der Waals surface area contributed by atoms with Crippen LogP contribution in [0.4, 0.5) is 0 Å². The molecule has 0 aromatic heterocycles. The Morgan fingerprint density at radius 1 is 1.25 bits per heavy atom. The summed E-state index contributed by atoms with van der Waals surface area (Å²) in [5.41, 5.74) is 0. The Kier molecular flexibility index (Phi) is 4.23. The standard InChI is InChI=1S/C5H10O2.ClH/c6-5-1-3-7-4-2-5;/h5-6H,1-4H2;1H. The van der Waals surface area contributed by atoms with E-state index in [0.29, 0.717) is 0 Å². The fourth-order valence-electron chi connectivity index (χ4n) is 0.685. The number of hydrogen-bond donors (Lipinski definition) is 1. The highest BCUT2D eigenvalue weighted by Gasteiger charge is 2.07. The van der Waals surface area contributed by atoms with Crippen molar-refractivity contribution in [1.82, 2.24) is 0 Å². The van der Waals surface area contributed by atoms with Gasteiger partial charge in [-0.3, -0.25) is 0 Å². The van der Waals surface area contributed by atoms with Gasteiger partial charge in [0.2, 0.25) is 0 Å². The van der Waals surface area contributed by atoms with Gasteiger partial charge in [0, 0.05) is 13.2 Å². The van der Waals surface area contributed by atoms with Gasteiger partial charge in [0.05, 0.1) is 6.10 Å². The second-order valence-corrected chi connectivity index (χ2v) is 1.84. The molecule has 2 nitrogen and oxygen atoms in total. The highest BCUT2D eigenvalue weighted by Crippen LogP contribution is 2.04. The number of aliphatic hydroxyl groups excluding tert-OH is 1. The summed E-state index contributed by atoms with van der Waals surface area (Å²) in [6, 6.07) is 0. The molecule has 0 bridgehead atoms. The van der Waals surface area contributed by atoms with Crippen LogP contribution in [0.25, 0.3) is 0 Å². The van der Waals surface area contributed by atoms with E-state index in [0.717, 1.165) is 26.1 Å². The fourth-order valence-corrected chi connectivity index (χ4v) is 0.685. The average molecular weight is 139 g/mol. The van der Waals surface area contributed by atoms with E-state index in [2.05, 4.69) is 0 Å². The summed E-state index contributed by atoms with van der Waals surface area (Å²) in [6.07, 6.45) is 1.55. The molecule has 0 saturated carbocycles. The highest BCUT2D eigenvalue weighted by molar-refractivity contribution is 5.85. The van der Waals surface area contributed by atoms with Gasteiger partial charge >= 0.3 is 0 Å². The average Bonchev–Trinajstić information content (AvgIpc) is 1.69. The summed E-state index contributed by atoms with van der Waals surface area (Å²) < 4.78 is 4.98. The molecule has 3 heteroatoms. The molecule has 8 heavy (non-hydrogen) atoms. The monoisotopic (exact) mass is 138 g/mol. The molecular weight excluding hydrogens is 128 g/mol. The van der Waals surface area contributed by atoms with Crippen LogP contribution in [0.5, 0.6) is 0 Å². The zero-order chi connectivity index (χ0) is 5.11. The highest BCUT2D eigenvalue weighted by atomic mass is 35.5. The molecular formula is C5H11ClO2. The molecule has 1 saturated heterocycles. The van der Waals surface area contributed by atoms with Crippen LogP contribution in [0.3, 0.4) is 0 Å². The number of aliphatic hydroxyl groups is 1. The third-order valence-corrected chi connectivity index (χ3v) is 1.19. The van der Waals surface area contributed by atoms with Crippen molar-refractivity contribution in [2.24, 2.45) is 0 Å². The van der Waals surface area contributed by atoms with Crippen molar-refractivity contribution < 1.29 is 9.84 Å². The minimum atomic E-state index is -0.0891. The molecule has 1 aliphatic heterocycles. The Labute approximate surface area is 55.3 Å². The summed E-state index contributed by atoms with van der Waals surface area (Å²) in [6.45, 7) is 1.47. The van der Waals surface area contributed by atoms with E-state index in [1.165, 1.54) is 0 Å². The Balaban J connectivity index is 0.000000490. The Bertz CT molecular complexity index is 52.4. The third kappa shape index (κ3) is 2.50. The molecule has 0 atom stereocenters. The molecule has 1 heterocycles. The Hall–Kier alpha value is 0.210. The quantitative estimate of drug-likeness (QED) is 0.531. The second kappa shape index (κ2) is 4.13. The maximum atomic E-state index is 8.83. The molecule has 0 spiro atoms. The van der Waals surface area contributed by atoms with Crippen LogP contribution in [0, 0.1) is 0 Å². The maximum absolute atomic E-state index is 8.83. The van der Waals surface area contributed by atoms with Crippen LogP contribution in [0.15, 0.2) is 0 Å². The lowest BCUT2D eigenvalue weighted by atomic mass is 10.2. The summed E-state index contributed by atoms with van der Waals surface area (Å²) in [5.74, 6) is 0. The van der Waals surface area contributed by atoms with E-state index in [9.17, 15) is 0 Å². The third-order valence-electron chi connectivity index (χ3n) is 1.19.